The van der Waals surface area contributed by atoms with Gasteiger partial charge in [0.1, 0.15) is 5.82 Å². The number of hydrogen-bond donors (Lipinski definition) is 0. The molecule has 1 spiro atoms. The average molecular weight is 192 g/mol. The fraction of sp³-hybridized carbons (Fsp3) is 0.545. The molecule has 0 aromatic heterocycles. The average Bonchev–Trinajstić information content (AvgIpc) is 2.58. The van der Waals surface area contributed by atoms with E-state index in [4.69, 9.17) is 4.74 Å². The standard InChI is InChI=1S/C11H16N2O/c1-3-5-12-10(2)13-6-4-11(7-13)8-14-9-11/h3,5H,1-2,4,6-9H2. The van der Waals surface area contributed by atoms with Crippen molar-refractivity contribution in [2.24, 2.45) is 10.4 Å². The smallest absolute Gasteiger partial charge is 0.121 e. The van der Waals surface area contributed by atoms with Crippen molar-refractivity contribution in [3.8, 4) is 0 Å². The lowest BCUT2D eigenvalue weighted by molar-refractivity contribution is -0.103. The van der Waals surface area contributed by atoms with E-state index in [1.54, 1.807) is 12.3 Å². The highest BCUT2D eigenvalue weighted by molar-refractivity contribution is 5.71. The van der Waals surface area contributed by atoms with Crippen LogP contribution in [0.5, 0.6) is 0 Å². The van der Waals surface area contributed by atoms with Crippen LogP contribution in [0.1, 0.15) is 6.42 Å². The van der Waals surface area contributed by atoms with Gasteiger partial charge in [-0.1, -0.05) is 19.2 Å². The van der Waals surface area contributed by atoms with Crippen molar-refractivity contribution in [3.05, 3.63) is 25.1 Å². The summed E-state index contributed by atoms with van der Waals surface area (Å²) >= 11 is 0. The predicted octanol–water partition coefficient (Wildman–Crippen LogP) is 1.44. The second kappa shape index (κ2) is 3.58. The maximum Gasteiger partial charge on any atom is 0.121 e. The summed E-state index contributed by atoms with van der Waals surface area (Å²) in [4.78, 5) is 6.42. The largest absolute Gasteiger partial charge is 0.380 e. The molecule has 2 saturated heterocycles. The van der Waals surface area contributed by atoms with Crippen LogP contribution in [0, 0.1) is 5.41 Å². The van der Waals surface area contributed by atoms with Gasteiger partial charge in [-0.05, 0) is 6.42 Å². The van der Waals surface area contributed by atoms with Gasteiger partial charge in [0, 0.05) is 24.7 Å². The van der Waals surface area contributed by atoms with E-state index in [1.807, 2.05) is 0 Å². The Kier molecular flexibility index (Phi) is 2.42. The van der Waals surface area contributed by atoms with E-state index in [0.717, 1.165) is 32.1 Å². The molecule has 3 heteroatoms. The van der Waals surface area contributed by atoms with Gasteiger partial charge in [0.25, 0.3) is 0 Å². The molecule has 0 unspecified atom stereocenters. The number of allylic oxidation sites excluding steroid dienone is 1. The molecule has 2 rings (SSSR count). The lowest BCUT2D eigenvalue weighted by atomic mass is 9.85. The molecule has 0 aromatic rings. The summed E-state index contributed by atoms with van der Waals surface area (Å²) in [6, 6.07) is 0. The maximum atomic E-state index is 5.26. The van der Waals surface area contributed by atoms with Crippen molar-refractivity contribution >= 4 is 6.21 Å². The Morgan fingerprint density at radius 2 is 2.29 bits per heavy atom. The first kappa shape index (κ1) is 9.46. The van der Waals surface area contributed by atoms with Crippen LogP contribution in [0.3, 0.4) is 0 Å². The Morgan fingerprint density at radius 3 is 2.79 bits per heavy atom. The highest BCUT2D eigenvalue weighted by Gasteiger charge is 2.44. The van der Waals surface area contributed by atoms with Gasteiger partial charge in [0.15, 0.2) is 0 Å². The molecule has 3 nitrogen and oxygen atoms in total. The molecular weight excluding hydrogens is 176 g/mol. The summed E-state index contributed by atoms with van der Waals surface area (Å²) in [6.07, 6.45) is 4.56. The van der Waals surface area contributed by atoms with Crippen molar-refractivity contribution in [1.29, 1.82) is 0 Å². The van der Waals surface area contributed by atoms with Gasteiger partial charge >= 0.3 is 0 Å². The molecular formula is C11H16N2O. The molecule has 14 heavy (non-hydrogen) atoms. The fourth-order valence-corrected chi connectivity index (χ4v) is 2.00. The summed E-state index contributed by atoms with van der Waals surface area (Å²) in [7, 11) is 0. The number of aliphatic imine (C=N–C) groups is 1. The van der Waals surface area contributed by atoms with E-state index < -0.39 is 0 Å². The Morgan fingerprint density at radius 1 is 1.50 bits per heavy atom. The molecule has 76 valence electrons. The van der Waals surface area contributed by atoms with Crippen LogP contribution in [0.25, 0.3) is 0 Å². The number of rotatable bonds is 3. The normalized spacial score (nSPS) is 24.1. The Hall–Kier alpha value is -1.09. The zero-order chi connectivity index (χ0) is 10.0. The first-order valence-electron chi connectivity index (χ1n) is 4.92. The van der Waals surface area contributed by atoms with Crippen molar-refractivity contribution in [3.63, 3.8) is 0 Å². The van der Waals surface area contributed by atoms with Crippen molar-refractivity contribution in [2.45, 2.75) is 6.42 Å². The molecule has 0 amide bonds. The molecule has 2 heterocycles. The molecule has 0 aliphatic carbocycles. The minimum Gasteiger partial charge on any atom is -0.380 e. The third-order valence-electron chi connectivity index (χ3n) is 2.95. The predicted molar refractivity (Wildman–Crippen MR) is 57.3 cm³/mol. The van der Waals surface area contributed by atoms with E-state index in [0.29, 0.717) is 5.41 Å². The molecule has 0 atom stereocenters. The lowest BCUT2D eigenvalue weighted by Crippen LogP contribution is -2.44. The monoisotopic (exact) mass is 192 g/mol. The topological polar surface area (TPSA) is 24.8 Å². The van der Waals surface area contributed by atoms with Crippen LogP contribution < -0.4 is 0 Å². The van der Waals surface area contributed by atoms with Crippen LogP contribution in [0.4, 0.5) is 0 Å². The Labute approximate surface area is 84.8 Å². The number of ether oxygens (including phenoxy) is 1. The van der Waals surface area contributed by atoms with E-state index in [1.165, 1.54) is 6.42 Å². The first-order chi connectivity index (χ1) is 6.76. The zero-order valence-corrected chi connectivity index (χ0v) is 8.41. The van der Waals surface area contributed by atoms with E-state index in [-0.39, 0.29) is 0 Å². The second-order valence-corrected chi connectivity index (χ2v) is 4.09. The van der Waals surface area contributed by atoms with Crippen molar-refractivity contribution in [2.75, 3.05) is 26.3 Å². The third-order valence-corrected chi connectivity index (χ3v) is 2.95. The molecule has 2 aliphatic rings. The Bertz CT molecular complexity index is 279. The summed E-state index contributed by atoms with van der Waals surface area (Å²) in [5, 5.41) is 0. The molecule has 0 radical (unpaired) electrons. The second-order valence-electron chi connectivity index (χ2n) is 4.09. The molecule has 2 aliphatic heterocycles. The highest BCUT2D eigenvalue weighted by Crippen LogP contribution is 2.38. The molecule has 0 saturated carbocycles. The van der Waals surface area contributed by atoms with E-state index in [2.05, 4.69) is 23.1 Å². The van der Waals surface area contributed by atoms with Crippen LogP contribution in [0.15, 0.2) is 30.0 Å². The number of nitrogens with zero attached hydrogens (tertiary/aromatic N) is 2. The first-order valence-corrected chi connectivity index (χ1v) is 4.92. The summed E-state index contributed by atoms with van der Waals surface area (Å²) in [6.45, 7) is 11.4. The third kappa shape index (κ3) is 1.60. The van der Waals surface area contributed by atoms with E-state index >= 15 is 0 Å². The van der Waals surface area contributed by atoms with E-state index in [9.17, 15) is 0 Å². The number of likely N-dealkylation sites (tertiary alicyclic amines) is 1. The van der Waals surface area contributed by atoms with Crippen LogP contribution >= 0.6 is 0 Å². The molecule has 0 N–H and O–H groups in total. The van der Waals surface area contributed by atoms with Crippen molar-refractivity contribution < 1.29 is 4.74 Å². The lowest BCUT2D eigenvalue weighted by Gasteiger charge is -2.37. The van der Waals surface area contributed by atoms with Gasteiger partial charge in [-0.2, -0.15) is 0 Å². The fourth-order valence-electron chi connectivity index (χ4n) is 2.00. The SMILES string of the molecule is C=CC=NC(=C)N1CCC2(COC2)C1. The highest BCUT2D eigenvalue weighted by atomic mass is 16.5. The van der Waals surface area contributed by atoms with Crippen LogP contribution in [-0.2, 0) is 4.74 Å². The van der Waals surface area contributed by atoms with Gasteiger partial charge in [-0.15, -0.1) is 0 Å². The van der Waals surface area contributed by atoms with Gasteiger partial charge in [0.2, 0.25) is 0 Å². The van der Waals surface area contributed by atoms with Gasteiger partial charge in [-0.25, -0.2) is 4.99 Å². The molecule has 0 bridgehead atoms. The summed E-state index contributed by atoms with van der Waals surface area (Å²) in [5.74, 6) is 0.841. The quantitative estimate of drug-likeness (QED) is 0.632. The van der Waals surface area contributed by atoms with Crippen LogP contribution in [0.2, 0.25) is 0 Å². The van der Waals surface area contributed by atoms with Crippen molar-refractivity contribution in [1.82, 2.24) is 4.90 Å². The maximum absolute atomic E-state index is 5.26. The molecule has 0 aromatic carbocycles. The summed E-state index contributed by atoms with van der Waals surface area (Å²) < 4.78 is 5.26. The summed E-state index contributed by atoms with van der Waals surface area (Å²) in [5.41, 5.74) is 0.409. The number of hydrogen-bond acceptors (Lipinski definition) is 3. The van der Waals surface area contributed by atoms with Gasteiger partial charge in [0.05, 0.1) is 13.2 Å². The Balaban J connectivity index is 1.91. The molecule has 2 fully saturated rings. The van der Waals surface area contributed by atoms with Crippen LogP contribution in [-0.4, -0.2) is 37.4 Å². The van der Waals surface area contributed by atoms with Gasteiger partial charge in [-0.3, -0.25) is 0 Å². The minimum atomic E-state index is 0.409. The zero-order valence-electron chi connectivity index (χ0n) is 8.41. The minimum absolute atomic E-state index is 0.409. The van der Waals surface area contributed by atoms with Gasteiger partial charge < -0.3 is 9.64 Å².